The van der Waals surface area contributed by atoms with Gasteiger partial charge in [0.2, 0.25) is 5.91 Å². The van der Waals surface area contributed by atoms with Crippen LogP contribution < -0.4 is 11.1 Å². The smallest absolute Gasteiger partial charge is 0.235 e. The van der Waals surface area contributed by atoms with Crippen molar-refractivity contribution in [3.05, 3.63) is 23.2 Å². The van der Waals surface area contributed by atoms with Gasteiger partial charge in [0.15, 0.2) is 9.84 Å². The molecule has 1 rings (SSSR count). The summed E-state index contributed by atoms with van der Waals surface area (Å²) in [6.45, 7) is 3.71. The number of nitrogens with two attached hydrogens (primary N) is 1. The SMILES string of the molecule is CCC(C)NC(=O)CS(=O)(=O)c1ccc(N)cc1Cl. The van der Waals surface area contributed by atoms with Crippen LogP contribution in [0.2, 0.25) is 5.02 Å². The molecule has 0 heterocycles. The van der Waals surface area contributed by atoms with Crippen LogP contribution >= 0.6 is 11.6 Å². The fraction of sp³-hybridized carbons (Fsp3) is 0.417. The Morgan fingerprint density at radius 1 is 1.47 bits per heavy atom. The van der Waals surface area contributed by atoms with Crippen molar-refractivity contribution in [2.45, 2.75) is 31.2 Å². The van der Waals surface area contributed by atoms with Crippen LogP contribution in [0.15, 0.2) is 23.1 Å². The van der Waals surface area contributed by atoms with Crippen LogP contribution in [0.3, 0.4) is 0 Å². The molecule has 0 aliphatic carbocycles. The molecule has 0 saturated heterocycles. The van der Waals surface area contributed by atoms with Crippen molar-refractivity contribution < 1.29 is 13.2 Å². The predicted octanol–water partition coefficient (Wildman–Crippen LogP) is 1.61. The van der Waals surface area contributed by atoms with Crippen LogP contribution in [0.5, 0.6) is 0 Å². The second-order valence-electron chi connectivity index (χ2n) is 4.33. The Labute approximate surface area is 118 Å². The van der Waals surface area contributed by atoms with Gasteiger partial charge < -0.3 is 11.1 Å². The summed E-state index contributed by atoms with van der Waals surface area (Å²) in [7, 11) is -3.76. The zero-order valence-corrected chi connectivity index (χ0v) is 12.4. The van der Waals surface area contributed by atoms with E-state index in [0.717, 1.165) is 6.42 Å². The summed E-state index contributed by atoms with van der Waals surface area (Å²) in [5.41, 5.74) is 5.87. The van der Waals surface area contributed by atoms with E-state index >= 15 is 0 Å². The average molecular weight is 305 g/mol. The number of amides is 1. The number of rotatable bonds is 5. The van der Waals surface area contributed by atoms with Gasteiger partial charge in [-0.25, -0.2) is 8.42 Å². The summed E-state index contributed by atoms with van der Waals surface area (Å²) in [6, 6.07) is 4.03. The van der Waals surface area contributed by atoms with Crippen LogP contribution in [0, 0.1) is 0 Å². The molecule has 1 unspecified atom stereocenters. The van der Waals surface area contributed by atoms with Crippen molar-refractivity contribution in [1.82, 2.24) is 5.32 Å². The van der Waals surface area contributed by atoms with Gasteiger partial charge in [0, 0.05) is 11.7 Å². The average Bonchev–Trinajstić information content (AvgIpc) is 2.26. The van der Waals surface area contributed by atoms with E-state index < -0.39 is 21.5 Å². The molecule has 1 atom stereocenters. The maximum atomic E-state index is 12.1. The Morgan fingerprint density at radius 2 is 2.11 bits per heavy atom. The molecule has 0 fully saturated rings. The molecule has 0 radical (unpaired) electrons. The Balaban J connectivity index is 2.90. The molecule has 0 aliphatic rings. The first kappa shape index (κ1) is 15.8. The van der Waals surface area contributed by atoms with Gasteiger partial charge in [-0.1, -0.05) is 18.5 Å². The van der Waals surface area contributed by atoms with Crippen molar-refractivity contribution in [2.24, 2.45) is 0 Å². The fourth-order valence-corrected chi connectivity index (χ4v) is 3.20. The number of hydrogen-bond acceptors (Lipinski definition) is 4. The summed E-state index contributed by atoms with van der Waals surface area (Å²) in [5, 5.41) is 2.62. The van der Waals surface area contributed by atoms with Crippen LogP contribution in [-0.2, 0) is 14.6 Å². The summed E-state index contributed by atoms with van der Waals surface area (Å²) in [5.74, 6) is -1.16. The van der Waals surface area contributed by atoms with Crippen molar-refractivity contribution in [2.75, 3.05) is 11.5 Å². The molecule has 106 valence electrons. The number of nitrogen functional groups attached to an aromatic ring is 1. The maximum absolute atomic E-state index is 12.1. The second-order valence-corrected chi connectivity index (χ2v) is 6.69. The van der Waals surface area contributed by atoms with Gasteiger partial charge in [-0.2, -0.15) is 0 Å². The van der Waals surface area contributed by atoms with Crippen LogP contribution in [0.25, 0.3) is 0 Å². The molecule has 0 spiro atoms. The van der Waals surface area contributed by atoms with Gasteiger partial charge in [-0.3, -0.25) is 4.79 Å². The molecule has 1 aromatic rings. The number of sulfone groups is 1. The summed E-state index contributed by atoms with van der Waals surface area (Å²) >= 11 is 5.84. The van der Waals surface area contributed by atoms with Crippen molar-refractivity contribution in [1.29, 1.82) is 0 Å². The first-order valence-corrected chi connectivity index (χ1v) is 7.86. The number of halogens is 1. The molecule has 7 heteroatoms. The topological polar surface area (TPSA) is 89.3 Å². The zero-order valence-electron chi connectivity index (χ0n) is 10.8. The van der Waals surface area contributed by atoms with E-state index in [9.17, 15) is 13.2 Å². The summed E-state index contributed by atoms with van der Waals surface area (Å²) in [4.78, 5) is 11.5. The number of nitrogens with one attached hydrogen (secondary N) is 1. The normalized spacial score (nSPS) is 13.0. The minimum absolute atomic E-state index is 0.0244. The summed E-state index contributed by atoms with van der Waals surface area (Å²) < 4.78 is 24.1. The lowest BCUT2D eigenvalue weighted by molar-refractivity contribution is -0.119. The lowest BCUT2D eigenvalue weighted by atomic mass is 10.3. The summed E-state index contributed by atoms with van der Waals surface area (Å²) in [6.07, 6.45) is 0.731. The van der Waals surface area contributed by atoms with E-state index in [1.807, 2.05) is 6.92 Å². The molecule has 1 amide bonds. The van der Waals surface area contributed by atoms with Crippen molar-refractivity contribution in [3.63, 3.8) is 0 Å². The quantitative estimate of drug-likeness (QED) is 0.809. The van der Waals surface area contributed by atoms with Gasteiger partial charge in [0.1, 0.15) is 5.75 Å². The van der Waals surface area contributed by atoms with Gasteiger partial charge >= 0.3 is 0 Å². The third kappa shape index (κ3) is 4.40. The first-order valence-electron chi connectivity index (χ1n) is 5.83. The molecule has 0 aromatic heterocycles. The zero-order chi connectivity index (χ0) is 14.6. The third-order valence-corrected chi connectivity index (χ3v) is 4.72. The van der Waals surface area contributed by atoms with Gasteiger partial charge in [-0.05, 0) is 31.5 Å². The second kappa shape index (κ2) is 6.25. The minimum Gasteiger partial charge on any atom is -0.399 e. The molecule has 0 bridgehead atoms. The van der Waals surface area contributed by atoms with E-state index in [1.54, 1.807) is 6.92 Å². The highest BCUT2D eigenvalue weighted by Gasteiger charge is 2.22. The number of anilines is 1. The molecular formula is C12H17ClN2O3S. The molecule has 3 N–H and O–H groups in total. The number of hydrogen-bond donors (Lipinski definition) is 2. The number of benzene rings is 1. The largest absolute Gasteiger partial charge is 0.399 e. The molecule has 0 saturated carbocycles. The molecule has 5 nitrogen and oxygen atoms in total. The molecular weight excluding hydrogens is 288 g/mol. The van der Waals surface area contributed by atoms with Gasteiger partial charge in [-0.15, -0.1) is 0 Å². The van der Waals surface area contributed by atoms with Gasteiger partial charge in [0.05, 0.1) is 9.92 Å². The molecule has 19 heavy (non-hydrogen) atoms. The highest BCUT2D eigenvalue weighted by atomic mass is 35.5. The molecule has 0 aliphatic heterocycles. The minimum atomic E-state index is -3.76. The monoisotopic (exact) mass is 304 g/mol. The highest BCUT2D eigenvalue weighted by molar-refractivity contribution is 7.92. The Morgan fingerprint density at radius 3 is 2.63 bits per heavy atom. The standard InChI is InChI=1S/C12H17ClN2O3S/c1-3-8(2)15-12(16)7-19(17,18)11-5-4-9(14)6-10(11)13/h4-6,8H,3,7,14H2,1-2H3,(H,15,16). The van der Waals surface area contributed by atoms with E-state index in [4.69, 9.17) is 17.3 Å². The number of carbonyl (C=O) groups excluding carboxylic acids is 1. The third-order valence-electron chi connectivity index (χ3n) is 2.63. The first-order chi connectivity index (χ1) is 8.76. The highest BCUT2D eigenvalue weighted by Crippen LogP contribution is 2.24. The van der Waals surface area contributed by atoms with E-state index in [-0.39, 0.29) is 16.0 Å². The fourth-order valence-electron chi connectivity index (χ4n) is 1.44. The van der Waals surface area contributed by atoms with E-state index in [1.165, 1.54) is 18.2 Å². The predicted molar refractivity (Wildman–Crippen MR) is 75.8 cm³/mol. The maximum Gasteiger partial charge on any atom is 0.235 e. The molecule has 1 aromatic carbocycles. The van der Waals surface area contributed by atoms with Crippen molar-refractivity contribution in [3.8, 4) is 0 Å². The Bertz CT molecular complexity index is 572. The lowest BCUT2D eigenvalue weighted by Crippen LogP contribution is -2.36. The Kier molecular flexibility index (Phi) is 5.20. The number of carbonyl (C=O) groups is 1. The van der Waals surface area contributed by atoms with E-state index in [2.05, 4.69) is 5.32 Å². The lowest BCUT2D eigenvalue weighted by Gasteiger charge is -2.12. The van der Waals surface area contributed by atoms with Gasteiger partial charge in [0.25, 0.3) is 0 Å². The van der Waals surface area contributed by atoms with Crippen LogP contribution in [0.4, 0.5) is 5.69 Å². The van der Waals surface area contributed by atoms with E-state index in [0.29, 0.717) is 5.69 Å². The van der Waals surface area contributed by atoms with Crippen molar-refractivity contribution >= 4 is 33.0 Å². The Hall–Kier alpha value is -1.27. The van der Waals surface area contributed by atoms with Crippen LogP contribution in [0.1, 0.15) is 20.3 Å². The van der Waals surface area contributed by atoms with Crippen LogP contribution in [-0.4, -0.2) is 26.1 Å².